The van der Waals surface area contributed by atoms with Crippen molar-refractivity contribution in [3.63, 3.8) is 0 Å². The zero-order valence-electron chi connectivity index (χ0n) is 13.3. The van der Waals surface area contributed by atoms with Crippen molar-refractivity contribution < 1.29 is 13.6 Å². The number of carbonyl (C=O) groups is 1. The monoisotopic (exact) mass is 340 g/mol. The minimum absolute atomic E-state index is 0.300. The van der Waals surface area contributed by atoms with Gasteiger partial charge in [-0.1, -0.05) is 6.07 Å². The first-order valence-corrected chi connectivity index (χ1v) is 7.39. The molecule has 5 nitrogen and oxygen atoms in total. The zero-order chi connectivity index (χ0) is 18.0. The summed E-state index contributed by atoms with van der Waals surface area (Å²) in [6, 6.07) is 8.92. The molecular formula is C18H14F2N4O. The van der Waals surface area contributed by atoms with Gasteiger partial charge in [-0.2, -0.15) is 4.39 Å². The maximum Gasteiger partial charge on any atom is 0.277 e. The quantitative estimate of drug-likeness (QED) is 0.564. The van der Waals surface area contributed by atoms with Gasteiger partial charge in [-0.05, 0) is 48.4 Å². The SMILES string of the molecule is Cc1cnc(C(=O)Nc2cc(-c3ccc(F)nc3)ccc2N)c(F)c1. The highest BCUT2D eigenvalue weighted by Crippen LogP contribution is 2.27. The summed E-state index contributed by atoms with van der Waals surface area (Å²) in [4.78, 5) is 19.7. The molecule has 0 aliphatic carbocycles. The summed E-state index contributed by atoms with van der Waals surface area (Å²) in [6.07, 6.45) is 2.77. The third-order valence-corrected chi connectivity index (χ3v) is 3.56. The van der Waals surface area contributed by atoms with Crippen molar-refractivity contribution in [1.29, 1.82) is 0 Å². The van der Waals surface area contributed by atoms with E-state index in [2.05, 4.69) is 15.3 Å². The Morgan fingerprint density at radius 3 is 2.48 bits per heavy atom. The van der Waals surface area contributed by atoms with Crippen LogP contribution in [-0.2, 0) is 0 Å². The molecule has 1 aromatic carbocycles. The van der Waals surface area contributed by atoms with Crippen LogP contribution in [0.1, 0.15) is 16.1 Å². The van der Waals surface area contributed by atoms with Crippen molar-refractivity contribution in [1.82, 2.24) is 9.97 Å². The minimum atomic E-state index is -0.713. The van der Waals surface area contributed by atoms with Gasteiger partial charge < -0.3 is 11.1 Å². The number of rotatable bonds is 3. The molecule has 7 heteroatoms. The third kappa shape index (κ3) is 3.60. The van der Waals surface area contributed by atoms with Crippen molar-refractivity contribution in [2.75, 3.05) is 11.1 Å². The van der Waals surface area contributed by atoms with Crippen molar-refractivity contribution >= 4 is 17.3 Å². The molecule has 0 atom stereocenters. The molecule has 126 valence electrons. The summed E-state index contributed by atoms with van der Waals surface area (Å²) in [6.45, 7) is 1.68. The van der Waals surface area contributed by atoms with Gasteiger partial charge in [0, 0.05) is 18.0 Å². The molecule has 2 aromatic heterocycles. The predicted molar refractivity (Wildman–Crippen MR) is 90.9 cm³/mol. The van der Waals surface area contributed by atoms with Crippen LogP contribution in [-0.4, -0.2) is 15.9 Å². The average Bonchev–Trinajstić information content (AvgIpc) is 2.57. The number of aryl methyl sites for hydroxylation is 1. The molecule has 0 bridgehead atoms. The number of hydrogen-bond acceptors (Lipinski definition) is 4. The van der Waals surface area contributed by atoms with Gasteiger partial charge >= 0.3 is 0 Å². The van der Waals surface area contributed by atoms with E-state index in [1.165, 1.54) is 24.5 Å². The van der Waals surface area contributed by atoms with Crippen LogP contribution in [0, 0.1) is 18.7 Å². The van der Waals surface area contributed by atoms with Gasteiger partial charge in [-0.3, -0.25) is 4.79 Å². The molecule has 2 heterocycles. The molecule has 0 unspecified atom stereocenters. The van der Waals surface area contributed by atoms with Crippen LogP contribution in [0.3, 0.4) is 0 Å². The van der Waals surface area contributed by atoms with E-state index >= 15 is 0 Å². The Bertz CT molecular complexity index is 942. The number of nitrogens with one attached hydrogen (secondary N) is 1. The van der Waals surface area contributed by atoms with E-state index in [0.717, 1.165) is 0 Å². The van der Waals surface area contributed by atoms with Crippen LogP contribution >= 0.6 is 0 Å². The molecule has 0 radical (unpaired) electrons. The molecule has 0 spiro atoms. The van der Waals surface area contributed by atoms with Crippen LogP contribution in [0.2, 0.25) is 0 Å². The van der Waals surface area contributed by atoms with Crippen LogP contribution in [0.15, 0.2) is 48.8 Å². The van der Waals surface area contributed by atoms with Crippen LogP contribution in [0.5, 0.6) is 0 Å². The van der Waals surface area contributed by atoms with Gasteiger partial charge in [0.15, 0.2) is 11.5 Å². The summed E-state index contributed by atoms with van der Waals surface area (Å²) < 4.78 is 26.8. The largest absolute Gasteiger partial charge is 0.397 e. The summed E-state index contributed by atoms with van der Waals surface area (Å²) in [5.74, 6) is -2.01. The molecule has 0 aliphatic heterocycles. The van der Waals surface area contributed by atoms with Gasteiger partial charge in [0.25, 0.3) is 5.91 Å². The van der Waals surface area contributed by atoms with E-state index in [1.807, 2.05) is 0 Å². The first kappa shape index (κ1) is 16.5. The van der Waals surface area contributed by atoms with E-state index in [4.69, 9.17) is 5.73 Å². The molecular weight excluding hydrogens is 326 g/mol. The number of anilines is 2. The lowest BCUT2D eigenvalue weighted by Crippen LogP contribution is -2.16. The fourth-order valence-corrected chi connectivity index (χ4v) is 2.27. The van der Waals surface area contributed by atoms with E-state index in [9.17, 15) is 13.6 Å². The Balaban J connectivity index is 1.90. The second-order valence-corrected chi connectivity index (χ2v) is 5.47. The van der Waals surface area contributed by atoms with Gasteiger partial charge in [0.1, 0.15) is 0 Å². The molecule has 0 fully saturated rings. The number of nitrogens with two attached hydrogens (primary N) is 1. The topological polar surface area (TPSA) is 80.9 Å². The molecule has 1 amide bonds. The average molecular weight is 340 g/mol. The Hall–Kier alpha value is -3.35. The smallest absolute Gasteiger partial charge is 0.277 e. The van der Waals surface area contributed by atoms with Gasteiger partial charge in [0.2, 0.25) is 5.95 Å². The Morgan fingerprint density at radius 1 is 1.04 bits per heavy atom. The van der Waals surface area contributed by atoms with Crippen molar-refractivity contribution in [2.45, 2.75) is 6.92 Å². The molecule has 3 N–H and O–H groups in total. The number of pyridine rings is 2. The number of halogens is 2. The number of aromatic nitrogens is 2. The highest BCUT2D eigenvalue weighted by atomic mass is 19.1. The minimum Gasteiger partial charge on any atom is -0.397 e. The van der Waals surface area contributed by atoms with Crippen molar-refractivity contribution in [3.05, 3.63) is 71.8 Å². The first-order valence-electron chi connectivity index (χ1n) is 7.39. The highest BCUT2D eigenvalue weighted by Gasteiger charge is 2.15. The zero-order valence-corrected chi connectivity index (χ0v) is 13.3. The molecule has 3 aromatic rings. The molecule has 3 rings (SSSR count). The number of amides is 1. The van der Waals surface area contributed by atoms with Gasteiger partial charge in [-0.25, -0.2) is 14.4 Å². The second kappa shape index (κ2) is 6.64. The Kier molecular flexibility index (Phi) is 4.38. The summed E-state index contributed by atoms with van der Waals surface area (Å²) in [5.41, 5.74) is 8.10. The Labute approximate surface area is 142 Å². The fourth-order valence-electron chi connectivity index (χ4n) is 2.27. The maximum absolute atomic E-state index is 13.9. The van der Waals surface area contributed by atoms with Gasteiger partial charge in [-0.15, -0.1) is 0 Å². The predicted octanol–water partition coefficient (Wildman–Crippen LogP) is 3.56. The number of nitrogens with zero attached hydrogens (tertiary/aromatic N) is 2. The van der Waals surface area contributed by atoms with Crippen LogP contribution in [0.25, 0.3) is 11.1 Å². The standard InChI is InChI=1S/C18H14F2N4O/c1-10-6-13(19)17(23-8-10)18(25)24-15-7-11(2-4-14(15)21)12-3-5-16(20)22-9-12/h2-9H,21H2,1H3,(H,24,25). The number of hydrogen-bond donors (Lipinski definition) is 2. The Morgan fingerprint density at radius 2 is 1.80 bits per heavy atom. The molecule has 0 saturated carbocycles. The first-order chi connectivity index (χ1) is 11.9. The van der Waals surface area contributed by atoms with E-state index in [0.29, 0.717) is 28.1 Å². The molecule has 0 aliphatic rings. The number of benzene rings is 1. The van der Waals surface area contributed by atoms with E-state index in [-0.39, 0.29) is 5.69 Å². The van der Waals surface area contributed by atoms with E-state index in [1.54, 1.807) is 31.2 Å². The van der Waals surface area contributed by atoms with Crippen LogP contribution < -0.4 is 11.1 Å². The number of nitrogen functional groups attached to an aromatic ring is 1. The van der Waals surface area contributed by atoms with Gasteiger partial charge in [0.05, 0.1) is 11.4 Å². The highest BCUT2D eigenvalue weighted by molar-refractivity contribution is 6.05. The maximum atomic E-state index is 13.9. The number of carbonyl (C=O) groups excluding carboxylic acids is 1. The lowest BCUT2D eigenvalue weighted by Gasteiger charge is -2.11. The summed E-state index contributed by atoms with van der Waals surface area (Å²) in [5, 5.41) is 2.55. The lowest BCUT2D eigenvalue weighted by atomic mass is 10.1. The van der Waals surface area contributed by atoms with Crippen LogP contribution in [0.4, 0.5) is 20.2 Å². The fraction of sp³-hybridized carbons (Fsp3) is 0.0556. The van der Waals surface area contributed by atoms with E-state index < -0.39 is 17.7 Å². The molecule has 25 heavy (non-hydrogen) atoms. The summed E-state index contributed by atoms with van der Waals surface area (Å²) in [7, 11) is 0. The third-order valence-electron chi connectivity index (χ3n) is 3.56. The second-order valence-electron chi connectivity index (χ2n) is 5.47. The lowest BCUT2D eigenvalue weighted by molar-refractivity contribution is 0.101. The molecule has 0 saturated heterocycles. The summed E-state index contributed by atoms with van der Waals surface area (Å²) >= 11 is 0. The van der Waals surface area contributed by atoms with Crippen molar-refractivity contribution in [2.24, 2.45) is 0 Å². The normalized spacial score (nSPS) is 10.5. The van der Waals surface area contributed by atoms with Crippen molar-refractivity contribution in [3.8, 4) is 11.1 Å².